The monoisotopic (exact) mass is 269 g/mol. The normalized spacial score (nSPS) is 18.6. The molecule has 1 saturated heterocycles. The van der Waals surface area contributed by atoms with Crippen LogP contribution in [0, 0.1) is 0 Å². The van der Waals surface area contributed by atoms with E-state index in [1.54, 1.807) is 18.0 Å². The molecule has 0 saturated carbocycles. The van der Waals surface area contributed by atoms with Crippen LogP contribution in [-0.2, 0) is 4.79 Å². The minimum Gasteiger partial charge on any atom is -0.344 e. The van der Waals surface area contributed by atoms with E-state index in [0.29, 0.717) is 18.7 Å². The van der Waals surface area contributed by atoms with Crippen molar-refractivity contribution >= 4 is 22.7 Å². The highest BCUT2D eigenvalue weighted by molar-refractivity contribution is 5.98. The number of likely N-dealkylation sites (tertiary alicyclic amines) is 1. The van der Waals surface area contributed by atoms with Crippen molar-refractivity contribution < 1.29 is 9.59 Å². The molecular formula is C15H15N3O2. The van der Waals surface area contributed by atoms with Gasteiger partial charge in [0.05, 0.1) is 5.52 Å². The Kier molecular flexibility index (Phi) is 3.10. The average Bonchev–Trinajstić information content (AvgIpc) is 2.78. The number of hydrogen-bond acceptors (Lipinski definition) is 3. The first-order chi connectivity index (χ1) is 9.65. The summed E-state index contributed by atoms with van der Waals surface area (Å²) in [6, 6.07) is 10.7. The molecule has 0 unspecified atom stereocenters. The Bertz CT molecular complexity index is 684. The first-order valence-corrected chi connectivity index (χ1v) is 6.57. The predicted molar refractivity (Wildman–Crippen MR) is 75.3 cm³/mol. The SMILES string of the molecule is CN1CC[C@H](NC(=O)c2ccc3ccccc3n2)C1=O. The van der Waals surface area contributed by atoms with Gasteiger partial charge < -0.3 is 10.2 Å². The molecule has 102 valence electrons. The molecule has 0 radical (unpaired) electrons. The number of benzene rings is 1. The molecule has 1 atom stereocenters. The number of hydrogen-bond donors (Lipinski definition) is 1. The Hall–Kier alpha value is -2.43. The first kappa shape index (κ1) is 12.6. The molecular weight excluding hydrogens is 254 g/mol. The van der Waals surface area contributed by atoms with Crippen LogP contribution in [0.5, 0.6) is 0 Å². The Labute approximate surface area is 116 Å². The van der Waals surface area contributed by atoms with Crippen molar-refractivity contribution in [2.24, 2.45) is 0 Å². The number of carbonyl (C=O) groups is 2. The molecule has 0 aliphatic carbocycles. The van der Waals surface area contributed by atoms with Gasteiger partial charge in [0.2, 0.25) is 5.91 Å². The summed E-state index contributed by atoms with van der Waals surface area (Å²) >= 11 is 0. The van der Waals surface area contributed by atoms with E-state index in [1.165, 1.54) is 0 Å². The molecule has 1 fully saturated rings. The highest BCUT2D eigenvalue weighted by Gasteiger charge is 2.30. The zero-order valence-corrected chi connectivity index (χ0v) is 11.2. The predicted octanol–water partition coefficient (Wildman–Crippen LogP) is 1.20. The molecule has 5 heteroatoms. The fourth-order valence-corrected chi connectivity index (χ4v) is 2.38. The number of aromatic nitrogens is 1. The van der Waals surface area contributed by atoms with E-state index >= 15 is 0 Å². The van der Waals surface area contributed by atoms with Crippen LogP contribution in [0.4, 0.5) is 0 Å². The summed E-state index contributed by atoms with van der Waals surface area (Å²) in [5, 5.41) is 3.73. The van der Waals surface area contributed by atoms with Gasteiger partial charge in [-0.3, -0.25) is 9.59 Å². The number of amides is 2. The lowest BCUT2D eigenvalue weighted by molar-refractivity contribution is -0.128. The molecule has 2 aromatic rings. The topological polar surface area (TPSA) is 62.3 Å². The van der Waals surface area contributed by atoms with Crippen LogP contribution in [-0.4, -0.2) is 41.3 Å². The lowest BCUT2D eigenvalue weighted by Gasteiger charge is -2.12. The first-order valence-electron chi connectivity index (χ1n) is 6.57. The van der Waals surface area contributed by atoms with Gasteiger partial charge in [-0.05, 0) is 18.6 Å². The molecule has 1 aromatic carbocycles. The maximum absolute atomic E-state index is 12.2. The van der Waals surface area contributed by atoms with Gasteiger partial charge in [0.25, 0.3) is 5.91 Å². The summed E-state index contributed by atoms with van der Waals surface area (Å²) in [4.78, 5) is 29.9. The maximum Gasteiger partial charge on any atom is 0.270 e. The average molecular weight is 269 g/mol. The van der Waals surface area contributed by atoms with E-state index < -0.39 is 6.04 Å². The lowest BCUT2D eigenvalue weighted by Crippen LogP contribution is -2.40. The third-order valence-corrected chi connectivity index (χ3v) is 3.56. The Morgan fingerprint density at radius 2 is 2.10 bits per heavy atom. The second-order valence-electron chi connectivity index (χ2n) is 4.96. The zero-order valence-electron chi connectivity index (χ0n) is 11.2. The number of fused-ring (bicyclic) bond motifs is 1. The molecule has 5 nitrogen and oxygen atoms in total. The van der Waals surface area contributed by atoms with Crippen LogP contribution in [0.2, 0.25) is 0 Å². The van der Waals surface area contributed by atoms with Crippen molar-refractivity contribution in [3.63, 3.8) is 0 Å². The third kappa shape index (κ3) is 2.22. The van der Waals surface area contributed by atoms with Gasteiger partial charge in [0.15, 0.2) is 0 Å². The molecule has 20 heavy (non-hydrogen) atoms. The molecule has 3 rings (SSSR count). The fourth-order valence-electron chi connectivity index (χ4n) is 2.38. The number of pyridine rings is 1. The molecule has 2 heterocycles. The van der Waals surface area contributed by atoms with E-state index in [0.717, 1.165) is 10.9 Å². The van der Waals surface area contributed by atoms with Crippen molar-refractivity contribution in [3.8, 4) is 0 Å². The van der Waals surface area contributed by atoms with E-state index in [-0.39, 0.29) is 11.8 Å². The number of carbonyl (C=O) groups excluding carboxylic acids is 2. The Morgan fingerprint density at radius 1 is 1.30 bits per heavy atom. The van der Waals surface area contributed by atoms with Crippen LogP contribution in [0.25, 0.3) is 10.9 Å². The van der Waals surface area contributed by atoms with Crippen LogP contribution in [0.1, 0.15) is 16.9 Å². The smallest absolute Gasteiger partial charge is 0.270 e. The fraction of sp³-hybridized carbons (Fsp3) is 0.267. The minimum absolute atomic E-state index is 0.0425. The maximum atomic E-state index is 12.2. The summed E-state index contributed by atoms with van der Waals surface area (Å²) in [6.07, 6.45) is 0.647. The Balaban J connectivity index is 1.80. The van der Waals surface area contributed by atoms with E-state index in [2.05, 4.69) is 10.3 Å². The molecule has 0 bridgehead atoms. The highest BCUT2D eigenvalue weighted by Crippen LogP contribution is 2.13. The number of nitrogens with one attached hydrogen (secondary N) is 1. The van der Waals surface area contributed by atoms with Crippen LogP contribution in [0.3, 0.4) is 0 Å². The van der Waals surface area contributed by atoms with Crippen molar-refractivity contribution in [2.45, 2.75) is 12.5 Å². The summed E-state index contributed by atoms with van der Waals surface area (Å²) in [7, 11) is 1.74. The Morgan fingerprint density at radius 3 is 2.85 bits per heavy atom. The summed E-state index contributed by atoms with van der Waals surface area (Å²) in [6.45, 7) is 0.676. The van der Waals surface area contributed by atoms with Gasteiger partial charge in [-0.25, -0.2) is 4.98 Å². The molecule has 0 spiro atoms. The van der Waals surface area contributed by atoms with Crippen molar-refractivity contribution in [2.75, 3.05) is 13.6 Å². The molecule has 1 aromatic heterocycles. The van der Waals surface area contributed by atoms with Gasteiger partial charge in [-0.15, -0.1) is 0 Å². The van der Waals surface area contributed by atoms with Crippen LogP contribution < -0.4 is 5.32 Å². The molecule has 1 aliphatic rings. The van der Waals surface area contributed by atoms with Gasteiger partial charge >= 0.3 is 0 Å². The quantitative estimate of drug-likeness (QED) is 0.891. The molecule has 2 amide bonds. The second kappa shape index (κ2) is 4.92. The van der Waals surface area contributed by atoms with E-state index in [9.17, 15) is 9.59 Å². The lowest BCUT2D eigenvalue weighted by atomic mass is 10.2. The number of nitrogens with zero attached hydrogens (tertiary/aromatic N) is 2. The van der Waals surface area contributed by atoms with E-state index in [1.807, 2.05) is 30.3 Å². The van der Waals surface area contributed by atoms with Gasteiger partial charge in [-0.2, -0.15) is 0 Å². The van der Waals surface area contributed by atoms with Gasteiger partial charge in [-0.1, -0.05) is 24.3 Å². The standard InChI is InChI=1S/C15H15N3O2/c1-18-9-8-13(15(18)20)17-14(19)12-7-6-10-4-2-3-5-11(10)16-12/h2-7,13H,8-9H2,1H3,(H,17,19)/t13-/m0/s1. The number of rotatable bonds is 2. The second-order valence-corrected chi connectivity index (χ2v) is 4.96. The van der Waals surface area contributed by atoms with E-state index in [4.69, 9.17) is 0 Å². The van der Waals surface area contributed by atoms with Crippen LogP contribution >= 0.6 is 0 Å². The van der Waals surface area contributed by atoms with Gasteiger partial charge in [0.1, 0.15) is 11.7 Å². The summed E-state index contributed by atoms with van der Waals surface area (Å²) in [5.41, 5.74) is 1.11. The summed E-state index contributed by atoms with van der Waals surface area (Å²) in [5.74, 6) is -0.344. The van der Waals surface area contributed by atoms with Gasteiger partial charge in [0, 0.05) is 19.0 Å². The molecule has 1 N–H and O–H groups in total. The van der Waals surface area contributed by atoms with Crippen molar-refractivity contribution in [1.82, 2.24) is 15.2 Å². The molecule has 1 aliphatic heterocycles. The number of likely N-dealkylation sites (N-methyl/N-ethyl adjacent to an activating group) is 1. The third-order valence-electron chi connectivity index (χ3n) is 3.56. The number of para-hydroxylation sites is 1. The summed E-state index contributed by atoms with van der Waals surface area (Å²) < 4.78 is 0. The van der Waals surface area contributed by atoms with Crippen molar-refractivity contribution in [3.05, 3.63) is 42.1 Å². The van der Waals surface area contributed by atoms with Crippen LogP contribution in [0.15, 0.2) is 36.4 Å². The van der Waals surface area contributed by atoms with Crippen molar-refractivity contribution in [1.29, 1.82) is 0 Å². The largest absolute Gasteiger partial charge is 0.344 e. The highest BCUT2D eigenvalue weighted by atomic mass is 16.2. The zero-order chi connectivity index (χ0) is 14.1. The minimum atomic E-state index is -0.430.